The molecule has 1 fully saturated rings. The van der Waals surface area contributed by atoms with Gasteiger partial charge in [-0.3, -0.25) is 4.79 Å². The number of ketones is 1. The van der Waals surface area contributed by atoms with E-state index in [1.165, 1.54) is 18.4 Å². The van der Waals surface area contributed by atoms with Crippen molar-refractivity contribution in [1.29, 1.82) is 0 Å². The SMILES string of the molecule is CC(C)Cc1ccc(C(=O)CC2CCCNC2)cc1. The number of carbonyl (C=O) groups excluding carboxylic acids is 1. The van der Waals surface area contributed by atoms with Gasteiger partial charge >= 0.3 is 0 Å². The highest BCUT2D eigenvalue weighted by atomic mass is 16.1. The van der Waals surface area contributed by atoms with Crippen molar-refractivity contribution in [1.82, 2.24) is 5.32 Å². The molecule has 1 aromatic rings. The van der Waals surface area contributed by atoms with E-state index in [4.69, 9.17) is 0 Å². The van der Waals surface area contributed by atoms with Gasteiger partial charge in [0.1, 0.15) is 0 Å². The highest BCUT2D eigenvalue weighted by Crippen LogP contribution is 2.18. The minimum Gasteiger partial charge on any atom is -0.316 e. The molecular weight excluding hydrogens is 234 g/mol. The van der Waals surface area contributed by atoms with Crippen molar-refractivity contribution in [3.05, 3.63) is 35.4 Å². The monoisotopic (exact) mass is 259 g/mol. The zero-order chi connectivity index (χ0) is 13.7. The largest absolute Gasteiger partial charge is 0.316 e. The normalized spacial score (nSPS) is 19.6. The van der Waals surface area contributed by atoms with Gasteiger partial charge in [0.05, 0.1) is 0 Å². The summed E-state index contributed by atoms with van der Waals surface area (Å²) in [5.74, 6) is 1.48. The third-order valence-electron chi connectivity index (χ3n) is 3.79. The summed E-state index contributed by atoms with van der Waals surface area (Å²) >= 11 is 0. The Bertz CT molecular complexity index is 402. The first kappa shape index (κ1) is 14.3. The summed E-state index contributed by atoms with van der Waals surface area (Å²) in [5.41, 5.74) is 2.20. The summed E-state index contributed by atoms with van der Waals surface area (Å²) in [4.78, 5) is 12.2. The molecule has 0 radical (unpaired) electrons. The zero-order valence-corrected chi connectivity index (χ0v) is 12.1. The second-order valence-corrected chi connectivity index (χ2v) is 6.13. The molecule has 1 heterocycles. The fourth-order valence-corrected chi connectivity index (χ4v) is 2.78. The van der Waals surface area contributed by atoms with Crippen LogP contribution >= 0.6 is 0 Å². The van der Waals surface area contributed by atoms with Gasteiger partial charge in [-0.05, 0) is 49.8 Å². The molecule has 1 saturated heterocycles. The number of rotatable bonds is 5. The first-order chi connectivity index (χ1) is 9.15. The molecule has 0 saturated carbocycles. The molecule has 1 unspecified atom stereocenters. The van der Waals surface area contributed by atoms with Crippen molar-refractivity contribution < 1.29 is 4.79 Å². The lowest BCUT2D eigenvalue weighted by atomic mass is 9.91. The fourth-order valence-electron chi connectivity index (χ4n) is 2.78. The third-order valence-corrected chi connectivity index (χ3v) is 3.79. The van der Waals surface area contributed by atoms with Crippen molar-refractivity contribution in [3.8, 4) is 0 Å². The summed E-state index contributed by atoms with van der Waals surface area (Å²) < 4.78 is 0. The molecule has 1 aliphatic rings. The maximum atomic E-state index is 12.2. The van der Waals surface area contributed by atoms with E-state index in [0.29, 0.717) is 24.0 Å². The molecule has 1 aliphatic heterocycles. The molecule has 1 atom stereocenters. The first-order valence-electron chi connectivity index (χ1n) is 7.48. The summed E-state index contributed by atoms with van der Waals surface area (Å²) in [7, 11) is 0. The molecule has 1 N–H and O–H groups in total. The Morgan fingerprint density at radius 1 is 1.32 bits per heavy atom. The van der Waals surface area contributed by atoms with E-state index < -0.39 is 0 Å². The summed E-state index contributed by atoms with van der Waals surface area (Å²) in [5, 5.41) is 3.37. The molecule has 0 aliphatic carbocycles. The minimum atomic E-state index is 0.296. The van der Waals surface area contributed by atoms with Crippen molar-refractivity contribution in [2.24, 2.45) is 11.8 Å². The summed E-state index contributed by atoms with van der Waals surface area (Å²) in [6.45, 7) is 6.54. The van der Waals surface area contributed by atoms with Crippen LogP contribution in [0.15, 0.2) is 24.3 Å². The van der Waals surface area contributed by atoms with Gasteiger partial charge in [0.25, 0.3) is 0 Å². The second-order valence-electron chi connectivity index (χ2n) is 6.13. The van der Waals surface area contributed by atoms with Crippen LogP contribution < -0.4 is 5.32 Å². The van der Waals surface area contributed by atoms with Crippen LogP contribution in [0.4, 0.5) is 0 Å². The molecule has 2 nitrogen and oxygen atoms in total. The molecule has 0 bridgehead atoms. The standard InChI is InChI=1S/C17H25NO/c1-13(2)10-14-5-7-16(8-6-14)17(19)11-15-4-3-9-18-12-15/h5-8,13,15,18H,3-4,9-12H2,1-2H3. The number of piperidine rings is 1. The number of benzene rings is 1. The number of nitrogens with one attached hydrogen (secondary N) is 1. The Hall–Kier alpha value is -1.15. The van der Waals surface area contributed by atoms with Gasteiger partial charge in [0.15, 0.2) is 5.78 Å². The molecular formula is C17H25NO. The zero-order valence-electron chi connectivity index (χ0n) is 12.1. The van der Waals surface area contributed by atoms with Crippen LogP contribution in [0, 0.1) is 11.8 Å². The lowest BCUT2D eigenvalue weighted by molar-refractivity contribution is 0.0954. The van der Waals surface area contributed by atoms with E-state index >= 15 is 0 Å². The van der Waals surface area contributed by atoms with E-state index in [-0.39, 0.29) is 0 Å². The number of hydrogen-bond donors (Lipinski definition) is 1. The maximum Gasteiger partial charge on any atom is 0.163 e. The highest BCUT2D eigenvalue weighted by Gasteiger charge is 2.17. The van der Waals surface area contributed by atoms with Gasteiger partial charge in [-0.25, -0.2) is 0 Å². The van der Waals surface area contributed by atoms with Crippen LogP contribution in [-0.2, 0) is 6.42 Å². The second kappa shape index (κ2) is 6.85. The van der Waals surface area contributed by atoms with Gasteiger partial charge in [-0.2, -0.15) is 0 Å². The van der Waals surface area contributed by atoms with E-state index in [2.05, 4.69) is 31.3 Å². The Labute approximate surface area is 116 Å². The van der Waals surface area contributed by atoms with Gasteiger partial charge in [-0.1, -0.05) is 38.1 Å². The lowest BCUT2D eigenvalue weighted by Gasteiger charge is -2.21. The topological polar surface area (TPSA) is 29.1 Å². The number of Topliss-reactive ketones (excluding diaryl/α,β-unsaturated/α-hetero) is 1. The molecule has 2 heteroatoms. The van der Waals surface area contributed by atoms with Gasteiger partial charge in [0.2, 0.25) is 0 Å². The molecule has 19 heavy (non-hydrogen) atoms. The molecule has 0 aromatic heterocycles. The van der Waals surface area contributed by atoms with Crippen molar-refractivity contribution >= 4 is 5.78 Å². The van der Waals surface area contributed by atoms with Crippen LogP contribution in [-0.4, -0.2) is 18.9 Å². The van der Waals surface area contributed by atoms with E-state index in [9.17, 15) is 4.79 Å². The molecule has 104 valence electrons. The van der Waals surface area contributed by atoms with E-state index in [1.54, 1.807) is 0 Å². The van der Waals surface area contributed by atoms with Crippen LogP contribution in [0.25, 0.3) is 0 Å². The van der Waals surface area contributed by atoms with Gasteiger partial charge in [-0.15, -0.1) is 0 Å². The Morgan fingerprint density at radius 3 is 2.63 bits per heavy atom. The maximum absolute atomic E-state index is 12.2. The molecule has 2 rings (SSSR count). The van der Waals surface area contributed by atoms with Gasteiger partial charge in [0, 0.05) is 12.0 Å². The smallest absolute Gasteiger partial charge is 0.163 e. The average Bonchev–Trinajstić information content (AvgIpc) is 2.40. The predicted molar refractivity (Wildman–Crippen MR) is 79.5 cm³/mol. The lowest BCUT2D eigenvalue weighted by Crippen LogP contribution is -2.31. The summed E-state index contributed by atoms with van der Waals surface area (Å²) in [6, 6.07) is 8.20. The minimum absolute atomic E-state index is 0.296. The predicted octanol–water partition coefficient (Wildman–Crippen LogP) is 3.46. The van der Waals surface area contributed by atoms with Crippen LogP contribution in [0.3, 0.4) is 0 Å². The van der Waals surface area contributed by atoms with Crippen molar-refractivity contribution in [2.75, 3.05) is 13.1 Å². The van der Waals surface area contributed by atoms with E-state index in [1.807, 2.05) is 12.1 Å². The van der Waals surface area contributed by atoms with Crippen LogP contribution in [0.5, 0.6) is 0 Å². The Morgan fingerprint density at radius 2 is 2.05 bits per heavy atom. The van der Waals surface area contributed by atoms with Crippen LogP contribution in [0.2, 0.25) is 0 Å². The molecule has 1 aromatic carbocycles. The van der Waals surface area contributed by atoms with Crippen LogP contribution in [0.1, 0.15) is 49.0 Å². The quantitative estimate of drug-likeness (QED) is 0.821. The third kappa shape index (κ3) is 4.46. The number of hydrogen-bond acceptors (Lipinski definition) is 2. The highest BCUT2D eigenvalue weighted by molar-refractivity contribution is 5.96. The first-order valence-corrected chi connectivity index (χ1v) is 7.48. The molecule has 0 spiro atoms. The summed E-state index contributed by atoms with van der Waals surface area (Å²) in [6.07, 6.45) is 4.16. The van der Waals surface area contributed by atoms with E-state index in [0.717, 1.165) is 25.1 Å². The van der Waals surface area contributed by atoms with Crippen molar-refractivity contribution in [2.45, 2.75) is 39.5 Å². The number of carbonyl (C=O) groups is 1. The van der Waals surface area contributed by atoms with Gasteiger partial charge < -0.3 is 5.32 Å². The molecule has 0 amide bonds. The van der Waals surface area contributed by atoms with Crippen molar-refractivity contribution in [3.63, 3.8) is 0 Å². The Balaban J connectivity index is 1.91. The average molecular weight is 259 g/mol. The Kier molecular flexibility index (Phi) is 5.15. The fraction of sp³-hybridized carbons (Fsp3) is 0.588.